The van der Waals surface area contributed by atoms with Gasteiger partial charge in [0.1, 0.15) is 13.2 Å². The smallest absolute Gasteiger partial charge is 0.254 e. The van der Waals surface area contributed by atoms with E-state index in [-0.39, 0.29) is 11.9 Å². The Kier molecular flexibility index (Phi) is 4.29. The van der Waals surface area contributed by atoms with Gasteiger partial charge in [0.25, 0.3) is 5.91 Å². The first-order valence-electron chi connectivity index (χ1n) is 7.70. The maximum absolute atomic E-state index is 12.8. The Morgan fingerprint density at radius 2 is 2.05 bits per heavy atom. The van der Waals surface area contributed by atoms with Gasteiger partial charge in [-0.25, -0.2) is 0 Å². The third-order valence-electron chi connectivity index (χ3n) is 4.18. The number of likely N-dealkylation sites (tertiary alicyclic amines) is 1. The van der Waals surface area contributed by atoms with Crippen LogP contribution in [0.1, 0.15) is 36.0 Å². The van der Waals surface area contributed by atoms with E-state index in [4.69, 9.17) is 15.2 Å². The van der Waals surface area contributed by atoms with Crippen LogP contribution in [0.3, 0.4) is 0 Å². The molecule has 114 valence electrons. The maximum atomic E-state index is 12.8. The number of rotatable bonds is 3. The van der Waals surface area contributed by atoms with Crippen LogP contribution in [0.5, 0.6) is 11.5 Å². The molecule has 2 heterocycles. The van der Waals surface area contributed by atoms with Gasteiger partial charge in [-0.15, -0.1) is 0 Å². The van der Waals surface area contributed by atoms with Gasteiger partial charge in [0.2, 0.25) is 0 Å². The summed E-state index contributed by atoms with van der Waals surface area (Å²) in [6.45, 7) is 2.53. The maximum Gasteiger partial charge on any atom is 0.254 e. The normalized spacial score (nSPS) is 21.2. The van der Waals surface area contributed by atoms with E-state index in [9.17, 15) is 4.79 Å². The minimum Gasteiger partial charge on any atom is -0.486 e. The zero-order valence-electron chi connectivity index (χ0n) is 12.2. The second-order valence-electron chi connectivity index (χ2n) is 5.58. The number of carbonyl (C=O) groups is 1. The van der Waals surface area contributed by atoms with Crippen molar-refractivity contribution in [3.8, 4) is 11.5 Å². The summed E-state index contributed by atoms with van der Waals surface area (Å²) in [7, 11) is 0. The third-order valence-corrected chi connectivity index (χ3v) is 4.18. The Morgan fingerprint density at radius 3 is 2.86 bits per heavy atom. The van der Waals surface area contributed by atoms with Crippen molar-refractivity contribution in [3.05, 3.63) is 23.8 Å². The molecule has 1 amide bonds. The second-order valence-corrected chi connectivity index (χ2v) is 5.58. The van der Waals surface area contributed by atoms with Gasteiger partial charge >= 0.3 is 0 Å². The first-order chi connectivity index (χ1) is 10.3. The van der Waals surface area contributed by atoms with Crippen LogP contribution in [-0.2, 0) is 0 Å². The average Bonchev–Trinajstić information content (AvgIpc) is 2.54. The molecule has 2 aliphatic heterocycles. The van der Waals surface area contributed by atoms with Crippen molar-refractivity contribution >= 4 is 5.91 Å². The van der Waals surface area contributed by atoms with Crippen molar-refractivity contribution < 1.29 is 14.3 Å². The minimum absolute atomic E-state index is 0.0742. The largest absolute Gasteiger partial charge is 0.486 e. The number of hydrogen-bond donors (Lipinski definition) is 1. The molecular formula is C16H22N2O3. The molecule has 0 aromatic heterocycles. The Balaban J connectivity index is 1.80. The third kappa shape index (κ3) is 2.97. The van der Waals surface area contributed by atoms with Crippen LogP contribution in [0.25, 0.3) is 0 Å². The Bertz CT molecular complexity index is 516. The zero-order chi connectivity index (χ0) is 14.7. The van der Waals surface area contributed by atoms with Crippen LogP contribution in [-0.4, -0.2) is 43.2 Å². The van der Waals surface area contributed by atoms with Crippen molar-refractivity contribution in [1.82, 2.24) is 4.90 Å². The molecule has 0 saturated carbocycles. The summed E-state index contributed by atoms with van der Waals surface area (Å²) in [5, 5.41) is 0. The molecule has 1 fully saturated rings. The lowest BCUT2D eigenvalue weighted by atomic mass is 9.98. The number of amides is 1. The fourth-order valence-corrected chi connectivity index (χ4v) is 3.10. The van der Waals surface area contributed by atoms with Gasteiger partial charge in [-0.2, -0.15) is 0 Å². The van der Waals surface area contributed by atoms with Crippen molar-refractivity contribution in [2.45, 2.75) is 31.7 Å². The first-order valence-corrected chi connectivity index (χ1v) is 7.70. The van der Waals surface area contributed by atoms with Crippen molar-refractivity contribution in [2.75, 3.05) is 26.3 Å². The predicted molar refractivity (Wildman–Crippen MR) is 79.8 cm³/mol. The molecule has 0 spiro atoms. The predicted octanol–water partition coefficient (Wildman–Crippen LogP) is 1.80. The second kappa shape index (κ2) is 6.35. The zero-order valence-corrected chi connectivity index (χ0v) is 12.2. The summed E-state index contributed by atoms with van der Waals surface area (Å²) in [4.78, 5) is 14.7. The number of hydrogen-bond acceptors (Lipinski definition) is 4. The van der Waals surface area contributed by atoms with Gasteiger partial charge in [-0.3, -0.25) is 4.79 Å². The molecular weight excluding hydrogens is 268 g/mol. The highest BCUT2D eigenvalue weighted by atomic mass is 16.6. The number of benzene rings is 1. The van der Waals surface area contributed by atoms with E-state index in [0.29, 0.717) is 31.1 Å². The lowest BCUT2D eigenvalue weighted by Crippen LogP contribution is -2.44. The van der Waals surface area contributed by atoms with Crippen LogP contribution in [0, 0.1) is 0 Å². The standard InChI is InChI=1S/C16H22N2O3/c17-7-6-13-3-1-2-8-18(13)16(19)12-4-5-14-15(11-12)21-10-9-20-14/h4-5,11,13H,1-3,6-10,17H2. The van der Waals surface area contributed by atoms with Crippen molar-refractivity contribution in [3.63, 3.8) is 0 Å². The summed E-state index contributed by atoms with van der Waals surface area (Å²) in [5.41, 5.74) is 6.35. The SMILES string of the molecule is NCCC1CCCCN1C(=O)c1ccc2c(c1)OCCO2. The van der Waals surface area contributed by atoms with E-state index in [1.807, 2.05) is 17.0 Å². The molecule has 2 N–H and O–H groups in total. The lowest BCUT2D eigenvalue weighted by molar-refractivity contribution is 0.0604. The number of nitrogens with two attached hydrogens (primary N) is 1. The molecule has 1 unspecified atom stereocenters. The number of fused-ring (bicyclic) bond motifs is 1. The van der Waals surface area contributed by atoms with Gasteiger partial charge in [-0.1, -0.05) is 0 Å². The fourth-order valence-electron chi connectivity index (χ4n) is 3.10. The van der Waals surface area contributed by atoms with E-state index in [1.165, 1.54) is 6.42 Å². The monoisotopic (exact) mass is 290 g/mol. The molecule has 5 nitrogen and oxygen atoms in total. The topological polar surface area (TPSA) is 64.8 Å². The van der Waals surface area contributed by atoms with Crippen molar-refractivity contribution in [2.24, 2.45) is 5.73 Å². The summed E-state index contributed by atoms with van der Waals surface area (Å²) < 4.78 is 11.1. The fraction of sp³-hybridized carbons (Fsp3) is 0.562. The minimum atomic E-state index is 0.0742. The molecule has 1 aromatic rings. The Labute approximate surface area is 125 Å². The van der Waals surface area contributed by atoms with Gasteiger partial charge < -0.3 is 20.1 Å². The van der Waals surface area contributed by atoms with E-state index >= 15 is 0 Å². The number of nitrogens with zero attached hydrogens (tertiary/aromatic N) is 1. The van der Waals surface area contributed by atoms with E-state index < -0.39 is 0 Å². The summed E-state index contributed by atoms with van der Waals surface area (Å²) in [6, 6.07) is 5.71. The first kappa shape index (κ1) is 14.2. The van der Waals surface area contributed by atoms with Gasteiger partial charge in [0.05, 0.1) is 0 Å². The molecule has 0 bridgehead atoms. The quantitative estimate of drug-likeness (QED) is 0.922. The molecule has 1 aromatic carbocycles. The summed E-state index contributed by atoms with van der Waals surface area (Å²) in [5.74, 6) is 1.46. The number of ether oxygens (including phenoxy) is 2. The van der Waals surface area contributed by atoms with Crippen molar-refractivity contribution in [1.29, 1.82) is 0 Å². The summed E-state index contributed by atoms with van der Waals surface area (Å²) in [6.07, 6.45) is 4.16. The van der Waals surface area contributed by atoms with E-state index in [0.717, 1.165) is 31.6 Å². The van der Waals surface area contributed by atoms with Gasteiger partial charge in [-0.05, 0) is 50.4 Å². The molecule has 1 saturated heterocycles. The van der Waals surface area contributed by atoms with Crippen LogP contribution in [0.15, 0.2) is 18.2 Å². The van der Waals surface area contributed by atoms with Crippen LogP contribution in [0.2, 0.25) is 0 Å². The van der Waals surface area contributed by atoms with Crippen LogP contribution in [0.4, 0.5) is 0 Å². The number of piperidine rings is 1. The Hall–Kier alpha value is -1.75. The highest BCUT2D eigenvalue weighted by molar-refractivity contribution is 5.95. The summed E-state index contributed by atoms with van der Waals surface area (Å²) >= 11 is 0. The molecule has 0 aliphatic carbocycles. The molecule has 5 heteroatoms. The molecule has 2 aliphatic rings. The van der Waals surface area contributed by atoms with Gasteiger partial charge in [0.15, 0.2) is 11.5 Å². The van der Waals surface area contributed by atoms with Crippen LogP contribution < -0.4 is 15.2 Å². The molecule has 0 radical (unpaired) electrons. The Morgan fingerprint density at radius 1 is 1.24 bits per heavy atom. The molecule has 21 heavy (non-hydrogen) atoms. The molecule has 3 rings (SSSR count). The lowest BCUT2D eigenvalue weighted by Gasteiger charge is -2.36. The van der Waals surface area contributed by atoms with Gasteiger partial charge in [0, 0.05) is 18.2 Å². The number of carbonyl (C=O) groups excluding carboxylic acids is 1. The highest BCUT2D eigenvalue weighted by Gasteiger charge is 2.27. The molecule has 1 atom stereocenters. The highest BCUT2D eigenvalue weighted by Crippen LogP contribution is 2.32. The van der Waals surface area contributed by atoms with E-state index in [1.54, 1.807) is 6.07 Å². The average molecular weight is 290 g/mol. The van der Waals surface area contributed by atoms with Crippen LogP contribution >= 0.6 is 0 Å². The van der Waals surface area contributed by atoms with E-state index in [2.05, 4.69) is 0 Å².